The summed E-state index contributed by atoms with van der Waals surface area (Å²) in [5.41, 5.74) is 6.99. The fraction of sp³-hybridized carbons (Fsp3) is 0.533. The van der Waals surface area contributed by atoms with Crippen LogP contribution in [0.4, 0.5) is 11.4 Å². The molecule has 0 aromatic heterocycles. The molecule has 1 rings (SSSR count). The molecule has 0 saturated carbocycles. The molecule has 0 aliphatic heterocycles. The highest BCUT2D eigenvalue weighted by molar-refractivity contribution is 5.91. The van der Waals surface area contributed by atoms with E-state index in [4.69, 9.17) is 19.9 Å². The first kappa shape index (κ1) is 17.4. The van der Waals surface area contributed by atoms with E-state index in [0.29, 0.717) is 57.3 Å². The van der Waals surface area contributed by atoms with E-state index < -0.39 is 0 Å². The number of nitrogen functional groups attached to an aromatic ring is 1. The third-order valence-corrected chi connectivity index (χ3v) is 2.67. The molecular weight excluding hydrogens is 272 g/mol. The van der Waals surface area contributed by atoms with Crippen LogP contribution >= 0.6 is 0 Å². The maximum absolute atomic E-state index is 11.7. The number of anilines is 2. The summed E-state index contributed by atoms with van der Waals surface area (Å²) in [6, 6.07) is 7.11. The molecule has 3 N–H and O–H groups in total. The zero-order valence-electron chi connectivity index (χ0n) is 12.5. The quantitative estimate of drug-likeness (QED) is 0.479. The summed E-state index contributed by atoms with van der Waals surface area (Å²) < 4.78 is 15.5. The first-order valence-electron chi connectivity index (χ1n) is 7.02. The van der Waals surface area contributed by atoms with Crippen molar-refractivity contribution in [3.05, 3.63) is 24.3 Å². The fourth-order valence-corrected chi connectivity index (χ4v) is 1.64. The first-order valence-corrected chi connectivity index (χ1v) is 7.02. The second-order valence-electron chi connectivity index (χ2n) is 4.49. The first-order chi connectivity index (χ1) is 10.2. The largest absolute Gasteiger partial charge is 0.399 e. The Morgan fingerprint density at radius 1 is 1.14 bits per heavy atom. The van der Waals surface area contributed by atoms with Crippen molar-refractivity contribution in [3.63, 3.8) is 0 Å². The van der Waals surface area contributed by atoms with E-state index in [1.807, 2.05) is 6.07 Å². The number of nitrogens with two attached hydrogens (primary N) is 1. The summed E-state index contributed by atoms with van der Waals surface area (Å²) in [5.74, 6) is -0.0412. The van der Waals surface area contributed by atoms with Crippen molar-refractivity contribution in [2.75, 3.05) is 51.2 Å². The number of rotatable bonds is 11. The van der Waals surface area contributed by atoms with Gasteiger partial charge in [-0.1, -0.05) is 6.07 Å². The van der Waals surface area contributed by atoms with Crippen molar-refractivity contribution in [3.8, 4) is 0 Å². The van der Waals surface area contributed by atoms with Crippen LogP contribution in [-0.4, -0.2) is 46.1 Å². The number of amides is 1. The highest BCUT2D eigenvalue weighted by atomic mass is 16.5. The molecule has 0 aliphatic carbocycles. The number of methoxy groups -OCH3 is 1. The number of carbonyl (C=O) groups is 1. The predicted molar refractivity (Wildman–Crippen MR) is 82.2 cm³/mol. The van der Waals surface area contributed by atoms with Crippen molar-refractivity contribution in [1.29, 1.82) is 0 Å². The molecule has 0 saturated heterocycles. The molecule has 118 valence electrons. The summed E-state index contributed by atoms with van der Waals surface area (Å²) in [6.07, 6.45) is 1.09. The van der Waals surface area contributed by atoms with Gasteiger partial charge in [-0.3, -0.25) is 4.79 Å². The van der Waals surface area contributed by atoms with Crippen molar-refractivity contribution in [1.82, 2.24) is 0 Å². The lowest BCUT2D eigenvalue weighted by atomic mass is 10.2. The minimum absolute atomic E-state index is 0.0412. The van der Waals surface area contributed by atoms with E-state index in [9.17, 15) is 4.79 Å². The standard InChI is InChI=1S/C15H24N2O4/c1-19-8-9-21-11-10-20-7-3-6-15(18)17-14-5-2-4-13(16)12-14/h2,4-5,12H,3,6-11,16H2,1H3,(H,17,18). The average molecular weight is 296 g/mol. The zero-order chi connectivity index (χ0) is 15.3. The summed E-state index contributed by atoms with van der Waals surface area (Å²) in [7, 11) is 1.63. The topological polar surface area (TPSA) is 82.8 Å². The van der Waals surface area contributed by atoms with Crippen LogP contribution in [0.3, 0.4) is 0 Å². The number of carbonyl (C=O) groups excluding carboxylic acids is 1. The molecule has 0 fully saturated rings. The van der Waals surface area contributed by atoms with Gasteiger partial charge < -0.3 is 25.3 Å². The normalized spacial score (nSPS) is 10.5. The molecule has 6 heteroatoms. The molecule has 1 amide bonds. The number of hydrogen-bond acceptors (Lipinski definition) is 5. The smallest absolute Gasteiger partial charge is 0.224 e. The predicted octanol–water partition coefficient (Wildman–Crippen LogP) is 1.67. The van der Waals surface area contributed by atoms with Crippen LogP contribution in [0.25, 0.3) is 0 Å². The van der Waals surface area contributed by atoms with Gasteiger partial charge in [-0.15, -0.1) is 0 Å². The van der Waals surface area contributed by atoms with Crippen LogP contribution < -0.4 is 11.1 Å². The highest BCUT2D eigenvalue weighted by Crippen LogP contribution is 2.12. The van der Waals surface area contributed by atoms with Crippen molar-refractivity contribution in [2.24, 2.45) is 0 Å². The summed E-state index contributed by atoms with van der Waals surface area (Å²) in [6.45, 7) is 2.77. The van der Waals surface area contributed by atoms with E-state index in [1.54, 1.807) is 25.3 Å². The third kappa shape index (κ3) is 9.01. The van der Waals surface area contributed by atoms with Crippen LogP contribution in [0.15, 0.2) is 24.3 Å². The lowest BCUT2D eigenvalue weighted by Gasteiger charge is -2.07. The lowest BCUT2D eigenvalue weighted by Crippen LogP contribution is -2.13. The van der Waals surface area contributed by atoms with Crippen LogP contribution in [0.1, 0.15) is 12.8 Å². The average Bonchev–Trinajstić information content (AvgIpc) is 2.45. The Labute approximate surface area is 125 Å². The Bertz CT molecular complexity index is 412. The summed E-state index contributed by atoms with van der Waals surface area (Å²) in [5, 5.41) is 2.79. The third-order valence-electron chi connectivity index (χ3n) is 2.67. The molecule has 0 atom stereocenters. The minimum atomic E-state index is -0.0412. The van der Waals surface area contributed by atoms with Crippen LogP contribution in [0, 0.1) is 0 Å². The number of nitrogens with one attached hydrogen (secondary N) is 1. The van der Waals surface area contributed by atoms with Crippen LogP contribution in [-0.2, 0) is 19.0 Å². The van der Waals surface area contributed by atoms with Gasteiger partial charge in [-0.05, 0) is 24.6 Å². The molecule has 0 bridgehead atoms. The van der Waals surface area contributed by atoms with Gasteiger partial charge in [0.05, 0.1) is 26.4 Å². The molecule has 6 nitrogen and oxygen atoms in total. The molecule has 1 aromatic carbocycles. The number of benzene rings is 1. The monoisotopic (exact) mass is 296 g/mol. The number of ether oxygens (including phenoxy) is 3. The molecule has 0 unspecified atom stereocenters. The molecule has 0 aliphatic rings. The van der Waals surface area contributed by atoms with E-state index in [-0.39, 0.29) is 5.91 Å². The van der Waals surface area contributed by atoms with E-state index in [0.717, 1.165) is 0 Å². The lowest BCUT2D eigenvalue weighted by molar-refractivity contribution is -0.116. The van der Waals surface area contributed by atoms with Crippen molar-refractivity contribution < 1.29 is 19.0 Å². The SMILES string of the molecule is COCCOCCOCCCC(=O)Nc1cccc(N)c1. The van der Waals surface area contributed by atoms with Gasteiger partial charge in [0, 0.05) is 31.5 Å². The van der Waals surface area contributed by atoms with Gasteiger partial charge in [0.25, 0.3) is 0 Å². The van der Waals surface area contributed by atoms with Gasteiger partial charge in [0.1, 0.15) is 0 Å². The van der Waals surface area contributed by atoms with Gasteiger partial charge in [-0.2, -0.15) is 0 Å². The van der Waals surface area contributed by atoms with Gasteiger partial charge >= 0.3 is 0 Å². The summed E-state index contributed by atoms with van der Waals surface area (Å²) >= 11 is 0. The second kappa shape index (κ2) is 11.1. The Hall–Kier alpha value is -1.63. The van der Waals surface area contributed by atoms with Crippen molar-refractivity contribution in [2.45, 2.75) is 12.8 Å². The van der Waals surface area contributed by atoms with Crippen molar-refractivity contribution >= 4 is 17.3 Å². The van der Waals surface area contributed by atoms with Gasteiger partial charge in [0.15, 0.2) is 0 Å². The summed E-state index contributed by atoms with van der Waals surface area (Å²) in [4.78, 5) is 11.7. The minimum Gasteiger partial charge on any atom is -0.399 e. The van der Waals surface area contributed by atoms with E-state index in [2.05, 4.69) is 5.32 Å². The molecular formula is C15H24N2O4. The highest BCUT2D eigenvalue weighted by Gasteiger charge is 2.02. The maximum Gasteiger partial charge on any atom is 0.224 e. The van der Waals surface area contributed by atoms with E-state index >= 15 is 0 Å². The van der Waals surface area contributed by atoms with Crippen LogP contribution in [0.2, 0.25) is 0 Å². The maximum atomic E-state index is 11.7. The Morgan fingerprint density at radius 2 is 1.86 bits per heavy atom. The Kier molecular flexibility index (Phi) is 9.19. The van der Waals surface area contributed by atoms with Gasteiger partial charge in [-0.25, -0.2) is 0 Å². The van der Waals surface area contributed by atoms with Crippen LogP contribution in [0.5, 0.6) is 0 Å². The fourth-order valence-electron chi connectivity index (χ4n) is 1.64. The van der Waals surface area contributed by atoms with Gasteiger partial charge in [0.2, 0.25) is 5.91 Å². The number of hydrogen-bond donors (Lipinski definition) is 2. The molecule has 21 heavy (non-hydrogen) atoms. The van der Waals surface area contributed by atoms with E-state index in [1.165, 1.54) is 0 Å². The second-order valence-corrected chi connectivity index (χ2v) is 4.49. The zero-order valence-corrected chi connectivity index (χ0v) is 12.5. The Balaban J connectivity index is 1.99. The Morgan fingerprint density at radius 3 is 2.57 bits per heavy atom. The molecule has 1 aromatic rings. The molecule has 0 radical (unpaired) electrons. The molecule has 0 heterocycles. The molecule has 0 spiro atoms.